The lowest BCUT2D eigenvalue weighted by atomic mass is 10.0. The summed E-state index contributed by atoms with van der Waals surface area (Å²) in [6.45, 7) is 3.31. The van der Waals surface area contributed by atoms with Crippen LogP contribution in [0.2, 0.25) is 0 Å². The van der Waals surface area contributed by atoms with Crippen molar-refractivity contribution in [3.05, 3.63) is 53.6 Å². The Balaban J connectivity index is 2.32. The van der Waals surface area contributed by atoms with Gasteiger partial charge in [-0.2, -0.15) is 5.26 Å². The second-order valence-electron chi connectivity index (χ2n) is 4.79. The second kappa shape index (κ2) is 7.47. The third-order valence-electron chi connectivity index (χ3n) is 3.18. The van der Waals surface area contributed by atoms with Gasteiger partial charge < -0.3 is 9.47 Å². The highest BCUT2D eigenvalue weighted by Gasteiger charge is 2.07. The lowest BCUT2D eigenvalue weighted by Crippen LogP contribution is -2.00. The van der Waals surface area contributed by atoms with Crippen LogP contribution in [-0.4, -0.2) is 13.7 Å². The molecule has 0 N–H and O–H groups in total. The van der Waals surface area contributed by atoms with Crippen molar-refractivity contribution in [1.29, 1.82) is 5.26 Å². The van der Waals surface area contributed by atoms with Gasteiger partial charge in [-0.15, -0.1) is 0 Å². The minimum absolute atomic E-state index is 0.534. The molecule has 2 rings (SSSR count). The van der Waals surface area contributed by atoms with Gasteiger partial charge in [-0.25, -0.2) is 0 Å². The molecule has 0 amide bonds. The molecule has 3 heteroatoms. The van der Waals surface area contributed by atoms with Crippen molar-refractivity contribution >= 4 is 0 Å². The standard InChI is InChI=1S/C18H19NO2/c1-3-10-21-18-11-16(8-9-17(18)13-20-2)15-6-4-14(12-19)5-7-15/h4-9,11H,3,10,13H2,1-2H3. The highest BCUT2D eigenvalue weighted by Crippen LogP contribution is 2.28. The van der Waals surface area contributed by atoms with Crippen molar-refractivity contribution in [3.8, 4) is 22.9 Å². The van der Waals surface area contributed by atoms with Crippen LogP contribution >= 0.6 is 0 Å². The van der Waals surface area contributed by atoms with Crippen LogP contribution in [0.4, 0.5) is 0 Å². The molecule has 0 aliphatic heterocycles. The molecule has 0 aliphatic carbocycles. The van der Waals surface area contributed by atoms with Gasteiger partial charge >= 0.3 is 0 Å². The number of ether oxygens (including phenoxy) is 2. The molecule has 0 radical (unpaired) electrons. The van der Waals surface area contributed by atoms with E-state index in [0.29, 0.717) is 18.8 Å². The number of benzene rings is 2. The number of hydrogen-bond acceptors (Lipinski definition) is 3. The summed E-state index contributed by atoms with van der Waals surface area (Å²) in [6, 6.07) is 15.8. The highest BCUT2D eigenvalue weighted by atomic mass is 16.5. The lowest BCUT2D eigenvalue weighted by molar-refractivity contribution is 0.180. The van der Waals surface area contributed by atoms with Crippen molar-refractivity contribution < 1.29 is 9.47 Å². The normalized spacial score (nSPS) is 10.1. The van der Waals surface area contributed by atoms with Crippen LogP contribution in [0.25, 0.3) is 11.1 Å². The van der Waals surface area contributed by atoms with Crippen molar-refractivity contribution in [3.63, 3.8) is 0 Å². The Morgan fingerprint density at radius 2 is 1.76 bits per heavy atom. The molecule has 0 atom stereocenters. The first-order valence-electron chi connectivity index (χ1n) is 7.03. The van der Waals surface area contributed by atoms with Crippen LogP contribution in [0, 0.1) is 11.3 Å². The molecule has 0 aromatic heterocycles. The van der Waals surface area contributed by atoms with E-state index in [0.717, 1.165) is 28.9 Å². The molecular weight excluding hydrogens is 262 g/mol. The molecule has 2 aromatic carbocycles. The number of rotatable bonds is 6. The molecule has 0 bridgehead atoms. The molecule has 0 fully saturated rings. The SMILES string of the molecule is CCCOc1cc(-c2ccc(C#N)cc2)ccc1COC. The molecule has 0 saturated heterocycles. The molecule has 0 saturated carbocycles. The van der Waals surface area contributed by atoms with Gasteiger partial charge in [-0.1, -0.05) is 31.2 Å². The van der Waals surface area contributed by atoms with E-state index in [9.17, 15) is 0 Å². The molecule has 0 heterocycles. The second-order valence-corrected chi connectivity index (χ2v) is 4.79. The van der Waals surface area contributed by atoms with Gasteiger partial charge in [0.1, 0.15) is 5.75 Å². The van der Waals surface area contributed by atoms with Gasteiger partial charge in [0.05, 0.1) is 24.8 Å². The van der Waals surface area contributed by atoms with Gasteiger partial charge in [0.2, 0.25) is 0 Å². The molecule has 3 nitrogen and oxygen atoms in total. The van der Waals surface area contributed by atoms with Gasteiger partial charge in [-0.05, 0) is 35.7 Å². The Kier molecular flexibility index (Phi) is 5.36. The minimum atomic E-state index is 0.534. The third kappa shape index (κ3) is 3.84. The number of methoxy groups -OCH3 is 1. The first kappa shape index (κ1) is 15.1. The summed E-state index contributed by atoms with van der Waals surface area (Å²) in [5.41, 5.74) is 3.85. The molecule has 108 valence electrons. The average molecular weight is 281 g/mol. The third-order valence-corrected chi connectivity index (χ3v) is 3.18. The summed E-state index contributed by atoms with van der Waals surface area (Å²) in [5.74, 6) is 0.862. The van der Waals surface area contributed by atoms with Crippen LogP contribution in [-0.2, 0) is 11.3 Å². The van der Waals surface area contributed by atoms with Crippen LogP contribution in [0.1, 0.15) is 24.5 Å². The molecular formula is C18H19NO2. The zero-order valence-corrected chi connectivity index (χ0v) is 12.4. The molecule has 0 unspecified atom stereocenters. The zero-order chi connectivity index (χ0) is 15.1. The van der Waals surface area contributed by atoms with Crippen LogP contribution < -0.4 is 4.74 Å². The number of nitrogens with zero attached hydrogens (tertiary/aromatic N) is 1. The van der Waals surface area contributed by atoms with Gasteiger partial charge in [0.25, 0.3) is 0 Å². The van der Waals surface area contributed by atoms with Gasteiger partial charge in [0.15, 0.2) is 0 Å². The monoisotopic (exact) mass is 281 g/mol. The molecule has 2 aromatic rings. The summed E-state index contributed by atoms with van der Waals surface area (Å²) in [7, 11) is 1.68. The first-order chi connectivity index (χ1) is 10.3. The average Bonchev–Trinajstić information content (AvgIpc) is 2.54. The fraction of sp³-hybridized carbons (Fsp3) is 0.278. The summed E-state index contributed by atoms with van der Waals surface area (Å²) in [5, 5.41) is 8.85. The van der Waals surface area contributed by atoms with E-state index in [2.05, 4.69) is 19.1 Å². The summed E-state index contributed by atoms with van der Waals surface area (Å²) < 4.78 is 11.0. The van der Waals surface area contributed by atoms with E-state index in [1.807, 2.05) is 36.4 Å². The fourth-order valence-electron chi connectivity index (χ4n) is 2.09. The Bertz CT molecular complexity index is 627. The predicted molar refractivity (Wildman–Crippen MR) is 83.1 cm³/mol. The minimum Gasteiger partial charge on any atom is -0.493 e. The van der Waals surface area contributed by atoms with Gasteiger partial charge in [0, 0.05) is 12.7 Å². The maximum Gasteiger partial charge on any atom is 0.125 e. The molecule has 0 spiro atoms. The summed E-state index contributed by atoms with van der Waals surface area (Å²) >= 11 is 0. The maximum atomic E-state index is 8.85. The van der Waals surface area contributed by atoms with E-state index in [1.54, 1.807) is 7.11 Å². The van der Waals surface area contributed by atoms with Crippen molar-refractivity contribution in [2.45, 2.75) is 20.0 Å². The van der Waals surface area contributed by atoms with Crippen molar-refractivity contribution in [2.75, 3.05) is 13.7 Å². The summed E-state index contributed by atoms with van der Waals surface area (Å²) in [4.78, 5) is 0. The Morgan fingerprint density at radius 1 is 1.05 bits per heavy atom. The van der Waals surface area contributed by atoms with Crippen LogP contribution in [0.3, 0.4) is 0 Å². The van der Waals surface area contributed by atoms with Crippen molar-refractivity contribution in [2.24, 2.45) is 0 Å². The van der Waals surface area contributed by atoms with Gasteiger partial charge in [-0.3, -0.25) is 0 Å². The predicted octanol–water partition coefficient (Wildman–Crippen LogP) is 4.16. The lowest BCUT2D eigenvalue weighted by Gasteiger charge is -2.12. The quantitative estimate of drug-likeness (QED) is 0.798. The van der Waals surface area contributed by atoms with E-state index >= 15 is 0 Å². The number of hydrogen-bond donors (Lipinski definition) is 0. The Labute approximate surface area is 125 Å². The maximum absolute atomic E-state index is 8.85. The number of nitriles is 1. The first-order valence-corrected chi connectivity index (χ1v) is 7.03. The Hall–Kier alpha value is -2.31. The van der Waals surface area contributed by atoms with Crippen LogP contribution in [0.15, 0.2) is 42.5 Å². The van der Waals surface area contributed by atoms with Crippen molar-refractivity contribution in [1.82, 2.24) is 0 Å². The van der Waals surface area contributed by atoms with E-state index in [4.69, 9.17) is 14.7 Å². The van der Waals surface area contributed by atoms with E-state index < -0.39 is 0 Å². The largest absolute Gasteiger partial charge is 0.493 e. The van der Waals surface area contributed by atoms with E-state index in [1.165, 1.54) is 0 Å². The van der Waals surface area contributed by atoms with E-state index in [-0.39, 0.29) is 0 Å². The summed E-state index contributed by atoms with van der Waals surface area (Å²) in [6.07, 6.45) is 0.966. The topological polar surface area (TPSA) is 42.2 Å². The highest BCUT2D eigenvalue weighted by molar-refractivity contribution is 5.66. The van der Waals surface area contributed by atoms with Crippen LogP contribution in [0.5, 0.6) is 5.75 Å². The molecule has 0 aliphatic rings. The molecule has 21 heavy (non-hydrogen) atoms. The zero-order valence-electron chi connectivity index (χ0n) is 12.4. The Morgan fingerprint density at radius 3 is 2.38 bits per heavy atom. The smallest absolute Gasteiger partial charge is 0.125 e. The fourth-order valence-corrected chi connectivity index (χ4v) is 2.09.